The average molecular weight is 277 g/mol. The first-order valence-corrected chi connectivity index (χ1v) is 6.71. The molecule has 4 heteroatoms. The van der Waals surface area contributed by atoms with Crippen molar-refractivity contribution in [3.05, 3.63) is 56.7 Å². The Balaban J connectivity index is 2.01. The normalized spacial score (nSPS) is 16.5. The topological polar surface area (TPSA) is 26.3 Å². The fourth-order valence-corrected chi connectivity index (χ4v) is 2.71. The number of halogens is 1. The quantitative estimate of drug-likeness (QED) is 0.734. The van der Waals surface area contributed by atoms with E-state index in [-0.39, 0.29) is 5.78 Å². The number of benzene rings is 1. The van der Waals surface area contributed by atoms with Crippen molar-refractivity contribution in [3.63, 3.8) is 0 Å². The van der Waals surface area contributed by atoms with Crippen LogP contribution in [0.15, 0.2) is 41.3 Å². The van der Waals surface area contributed by atoms with E-state index in [9.17, 15) is 4.79 Å². The van der Waals surface area contributed by atoms with Crippen LogP contribution in [-0.4, -0.2) is 12.4 Å². The van der Waals surface area contributed by atoms with Crippen LogP contribution in [-0.2, 0) is 0 Å². The molecule has 0 saturated carbocycles. The summed E-state index contributed by atoms with van der Waals surface area (Å²) < 4.78 is 5.57. The summed E-state index contributed by atoms with van der Waals surface area (Å²) in [5.74, 6) is 0.597. The van der Waals surface area contributed by atoms with Crippen LogP contribution in [0.5, 0.6) is 5.75 Å². The molecule has 1 aromatic carbocycles. The Kier molecular flexibility index (Phi) is 2.94. The van der Waals surface area contributed by atoms with E-state index in [0.717, 1.165) is 4.88 Å². The van der Waals surface area contributed by atoms with Crippen molar-refractivity contribution in [2.75, 3.05) is 6.61 Å². The number of Topliss-reactive ketones (excluding diaryl/α,β-unsaturated/α-hetero) is 1. The SMILES string of the molecule is O=C1/C(=C\c2cccs2)COc2ccc(Cl)cc21. The molecule has 0 fully saturated rings. The van der Waals surface area contributed by atoms with E-state index in [1.807, 2.05) is 23.6 Å². The van der Waals surface area contributed by atoms with Crippen molar-refractivity contribution in [2.24, 2.45) is 0 Å². The number of hydrogen-bond acceptors (Lipinski definition) is 3. The lowest BCUT2D eigenvalue weighted by atomic mass is 10.00. The molecule has 0 saturated heterocycles. The van der Waals surface area contributed by atoms with E-state index in [0.29, 0.717) is 28.5 Å². The Labute approximate surface area is 113 Å². The highest BCUT2D eigenvalue weighted by atomic mass is 35.5. The third kappa shape index (κ3) is 2.07. The van der Waals surface area contributed by atoms with Crippen LogP contribution >= 0.6 is 22.9 Å². The standard InChI is InChI=1S/C14H9ClO2S/c15-10-3-4-13-12(7-10)14(16)9(8-17-13)6-11-2-1-5-18-11/h1-7H,8H2/b9-6-. The van der Waals surface area contributed by atoms with E-state index >= 15 is 0 Å². The summed E-state index contributed by atoms with van der Waals surface area (Å²) in [6.07, 6.45) is 1.87. The van der Waals surface area contributed by atoms with Crippen molar-refractivity contribution in [1.82, 2.24) is 0 Å². The fourth-order valence-electron chi connectivity index (χ4n) is 1.85. The van der Waals surface area contributed by atoms with E-state index in [1.54, 1.807) is 29.5 Å². The molecule has 0 bridgehead atoms. The van der Waals surface area contributed by atoms with Gasteiger partial charge in [-0.1, -0.05) is 17.7 Å². The molecule has 0 amide bonds. The Morgan fingerprint density at radius 3 is 3.00 bits per heavy atom. The second kappa shape index (κ2) is 4.59. The van der Waals surface area contributed by atoms with Gasteiger partial charge >= 0.3 is 0 Å². The van der Waals surface area contributed by atoms with Gasteiger partial charge in [0.2, 0.25) is 0 Å². The molecule has 1 aliphatic heterocycles. The zero-order chi connectivity index (χ0) is 12.5. The molecule has 1 aliphatic rings. The van der Waals surface area contributed by atoms with E-state index in [2.05, 4.69) is 0 Å². The molecular formula is C14H9ClO2S. The zero-order valence-corrected chi connectivity index (χ0v) is 10.9. The summed E-state index contributed by atoms with van der Waals surface area (Å²) in [4.78, 5) is 13.3. The van der Waals surface area contributed by atoms with Gasteiger partial charge in [0, 0.05) is 15.5 Å². The Bertz CT molecular complexity index is 629. The minimum atomic E-state index is -0.00727. The Hall–Kier alpha value is -1.58. The number of carbonyl (C=O) groups is 1. The molecule has 0 atom stereocenters. The Morgan fingerprint density at radius 2 is 2.22 bits per heavy atom. The van der Waals surface area contributed by atoms with Gasteiger partial charge in [-0.25, -0.2) is 0 Å². The predicted molar refractivity (Wildman–Crippen MR) is 73.6 cm³/mol. The number of carbonyl (C=O) groups excluding carboxylic acids is 1. The maximum absolute atomic E-state index is 12.3. The molecule has 0 unspecified atom stereocenters. The van der Waals surface area contributed by atoms with Crippen molar-refractivity contribution in [2.45, 2.75) is 0 Å². The zero-order valence-electron chi connectivity index (χ0n) is 9.35. The molecule has 3 rings (SSSR count). The molecule has 0 spiro atoms. The lowest BCUT2D eigenvalue weighted by Gasteiger charge is -2.18. The smallest absolute Gasteiger partial charge is 0.196 e. The van der Waals surface area contributed by atoms with Gasteiger partial charge < -0.3 is 4.74 Å². The average Bonchev–Trinajstić information content (AvgIpc) is 2.86. The van der Waals surface area contributed by atoms with Crippen LogP contribution < -0.4 is 4.74 Å². The number of rotatable bonds is 1. The third-order valence-electron chi connectivity index (χ3n) is 2.72. The lowest BCUT2D eigenvalue weighted by molar-refractivity contribution is 0.100. The van der Waals surface area contributed by atoms with Gasteiger partial charge in [-0.3, -0.25) is 4.79 Å². The van der Waals surface area contributed by atoms with Gasteiger partial charge in [0.15, 0.2) is 5.78 Å². The molecule has 2 heterocycles. The monoisotopic (exact) mass is 276 g/mol. The van der Waals surface area contributed by atoms with Gasteiger partial charge in [-0.05, 0) is 35.7 Å². The number of hydrogen-bond donors (Lipinski definition) is 0. The molecule has 90 valence electrons. The summed E-state index contributed by atoms with van der Waals surface area (Å²) in [6.45, 7) is 0.311. The molecule has 0 N–H and O–H groups in total. The highest BCUT2D eigenvalue weighted by molar-refractivity contribution is 7.10. The van der Waals surface area contributed by atoms with Gasteiger partial charge in [0.05, 0.1) is 5.56 Å². The molecule has 2 nitrogen and oxygen atoms in total. The highest BCUT2D eigenvalue weighted by Crippen LogP contribution is 2.30. The van der Waals surface area contributed by atoms with Crippen molar-refractivity contribution in [3.8, 4) is 5.75 Å². The van der Waals surface area contributed by atoms with Gasteiger partial charge in [0.1, 0.15) is 12.4 Å². The summed E-state index contributed by atoms with van der Waals surface area (Å²) >= 11 is 7.50. The maximum Gasteiger partial charge on any atom is 0.196 e. The van der Waals surface area contributed by atoms with Crippen molar-refractivity contribution < 1.29 is 9.53 Å². The number of fused-ring (bicyclic) bond motifs is 1. The van der Waals surface area contributed by atoms with Crippen LogP contribution in [0.3, 0.4) is 0 Å². The number of thiophene rings is 1. The first-order valence-electron chi connectivity index (χ1n) is 5.45. The van der Waals surface area contributed by atoms with Crippen LogP contribution in [0.2, 0.25) is 5.02 Å². The molecule has 18 heavy (non-hydrogen) atoms. The summed E-state index contributed by atoms with van der Waals surface area (Å²) in [6, 6.07) is 9.04. The van der Waals surface area contributed by atoms with Gasteiger partial charge in [-0.2, -0.15) is 0 Å². The first kappa shape index (κ1) is 11.5. The van der Waals surface area contributed by atoms with Crippen LogP contribution in [0.1, 0.15) is 15.2 Å². The van der Waals surface area contributed by atoms with Gasteiger partial charge in [0.25, 0.3) is 0 Å². The maximum atomic E-state index is 12.3. The van der Waals surface area contributed by atoms with E-state index < -0.39 is 0 Å². The summed E-state index contributed by atoms with van der Waals surface area (Å²) in [7, 11) is 0. The molecule has 2 aromatic rings. The van der Waals surface area contributed by atoms with Crippen LogP contribution in [0, 0.1) is 0 Å². The van der Waals surface area contributed by atoms with E-state index in [4.69, 9.17) is 16.3 Å². The summed E-state index contributed by atoms with van der Waals surface area (Å²) in [5.41, 5.74) is 1.20. The molecule has 0 aliphatic carbocycles. The van der Waals surface area contributed by atoms with Crippen molar-refractivity contribution in [1.29, 1.82) is 0 Å². The minimum absolute atomic E-state index is 0.00727. The lowest BCUT2D eigenvalue weighted by Crippen LogP contribution is -2.18. The second-order valence-electron chi connectivity index (χ2n) is 3.94. The minimum Gasteiger partial charge on any atom is -0.488 e. The number of ketones is 1. The number of ether oxygens (including phenoxy) is 1. The second-order valence-corrected chi connectivity index (χ2v) is 5.36. The predicted octanol–water partition coefficient (Wildman–Crippen LogP) is 4.06. The van der Waals surface area contributed by atoms with Crippen molar-refractivity contribution >= 4 is 34.8 Å². The van der Waals surface area contributed by atoms with Gasteiger partial charge in [-0.15, -0.1) is 11.3 Å². The third-order valence-corrected chi connectivity index (χ3v) is 3.78. The highest BCUT2D eigenvalue weighted by Gasteiger charge is 2.23. The Morgan fingerprint density at radius 1 is 1.33 bits per heavy atom. The van der Waals surface area contributed by atoms with Crippen LogP contribution in [0.4, 0.5) is 0 Å². The van der Waals surface area contributed by atoms with E-state index in [1.165, 1.54) is 0 Å². The van der Waals surface area contributed by atoms with Crippen LogP contribution in [0.25, 0.3) is 6.08 Å². The molecular weight excluding hydrogens is 268 g/mol. The fraction of sp³-hybridized carbons (Fsp3) is 0.0714. The molecule has 0 radical (unpaired) electrons. The molecule has 1 aromatic heterocycles. The largest absolute Gasteiger partial charge is 0.488 e. The summed E-state index contributed by atoms with van der Waals surface area (Å²) in [5, 5.41) is 2.52. The first-order chi connectivity index (χ1) is 8.74.